The summed E-state index contributed by atoms with van der Waals surface area (Å²) in [5, 5.41) is 4.77. The molecule has 0 aromatic heterocycles. The summed E-state index contributed by atoms with van der Waals surface area (Å²) >= 11 is 0. The van der Waals surface area contributed by atoms with E-state index >= 15 is 0 Å². The summed E-state index contributed by atoms with van der Waals surface area (Å²) in [7, 11) is 0. The van der Waals surface area contributed by atoms with Gasteiger partial charge in [0.15, 0.2) is 17.5 Å². The van der Waals surface area contributed by atoms with Gasteiger partial charge in [-0.25, -0.2) is 13.2 Å². The van der Waals surface area contributed by atoms with E-state index in [1.165, 1.54) is 0 Å². The Balaban J connectivity index is 2.16. The number of halogens is 3. The molecule has 2 rings (SSSR count). The largest absolute Gasteiger partial charge is 0.353 e. The first-order valence-electron chi connectivity index (χ1n) is 6.54. The van der Waals surface area contributed by atoms with E-state index < -0.39 is 40.4 Å². The summed E-state index contributed by atoms with van der Waals surface area (Å²) in [4.78, 5) is 24.1. The second kappa shape index (κ2) is 5.38. The molecule has 1 saturated carbocycles. The van der Waals surface area contributed by atoms with Crippen molar-refractivity contribution in [3.8, 4) is 0 Å². The molecule has 2 N–H and O–H groups in total. The lowest BCUT2D eigenvalue weighted by Crippen LogP contribution is -2.42. The fourth-order valence-electron chi connectivity index (χ4n) is 1.95. The van der Waals surface area contributed by atoms with Crippen molar-refractivity contribution in [2.45, 2.75) is 32.7 Å². The van der Waals surface area contributed by atoms with Crippen LogP contribution in [0.25, 0.3) is 0 Å². The van der Waals surface area contributed by atoms with Crippen molar-refractivity contribution in [1.82, 2.24) is 5.32 Å². The van der Waals surface area contributed by atoms with Crippen molar-refractivity contribution in [1.29, 1.82) is 0 Å². The molecule has 1 aliphatic carbocycles. The topological polar surface area (TPSA) is 58.2 Å². The first-order chi connectivity index (χ1) is 9.78. The molecule has 0 bridgehead atoms. The van der Waals surface area contributed by atoms with E-state index in [1.54, 1.807) is 13.8 Å². The molecule has 114 valence electrons. The minimum Gasteiger partial charge on any atom is -0.353 e. The zero-order valence-electron chi connectivity index (χ0n) is 11.6. The van der Waals surface area contributed by atoms with Gasteiger partial charge in [0.1, 0.15) is 5.41 Å². The van der Waals surface area contributed by atoms with Crippen molar-refractivity contribution >= 4 is 17.5 Å². The van der Waals surface area contributed by atoms with Crippen LogP contribution in [0.2, 0.25) is 0 Å². The van der Waals surface area contributed by atoms with E-state index in [1.807, 2.05) is 0 Å². The molecule has 1 aromatic carbocycles. The van der Waals surface area contributed by atoms with E-state index in [9.17, 15) is 22.8 Å². The zero-order valence-corrected chi connectivity index (χ0v) is 11.6. The average Bonchev–Trinajstić information content (AvgIpc) is 3.20. The van der Waals surface area contributed by atoms with Crippen molar-refractivity contribution in [2.24, 2.45) is 5.41 Å². The zero-order chi connectivity index (χ0) is 15.8. The van der Waals surface area contributed by atoms with Crippen LogP contribution in [0, 0.1) is 22.9 Å². The fraction of sp³-hybridized carbons (Fsp3) is 0.429. The molecule has 0 aliphatic heterocycles. The lowest BCUT2D eigenvalue weighted by molar-refractivity contribution is -0.134. The second-order valence-electron chi connectivity index (χ2n) is 5.39. The number of nitrogens with one attached hydrogen (secondary N) is 2. The van der Waals surface area contributed by atoms with E-state index in [-0.39, 0.29) is 6.04 Å². The maximum atomic E-state index is 13.5. The lowest BCUT2D eigenvalue weighted by Gasteiger charge is -2.17. The Kier molecular flexibility index (Phi) is 3.93. The highest BCUT2D eigenvalue weighted by Gasteiger charge is 2.56. The predicted octanol–water partition coefficient (Wildman–Crippen LogP) is 2.35. The van der Waals surface area contributed by atoms with Gasteiger partial charge in [0.05, 0.1) is 5.69 Å². The number of anilines is 1. The van der Waals surface area contributed by atoms with Gasteiger partial charge in [-0.2, -0.15) is 0 Å². The molecule has 0 heterocycles. The molecule has 0 unspecified atom stereocenters. The Labute approximate surface area is 119 Å². The quantitative estimate of drug-likeness (QED) is 0.662. The minimum absolute atomic E-state index is 0.136. The highest BCUT2D eigenvalue weighted by molar-refractivity contribution is 6.13. The second-order valence-corrected chi connectivity index (χ2v) is 5.39. The molecule has 1 fully saturated rings. The molecule has 0 atom stereocenters. The van der Waals surface area contributed by atoms with Crippen LogP contribution in [0.4, 0.5) is 18.9 Å². The van der Waals surface area contributed by atoms with Crippen molar-refractivity contribution in [3.63, 3.8) is 0 Å². The molecule has 7 heteroatoms. The third-order valence-electron chi connectivity index (χ3n) is 3.32. The summed E-state index contributed by atoms with van der Waals surface area (Å²) in [6.07, 6.45) is 0.672. The van der Waals surface area contributed by atoms with E-state index in [0.717, 1.165) is 6.07 Å². The maximum Gasteiger partial charge on any atom is 0.240 e. The molecule has 21 heavy (non-hydrogen) atoms. The molecule has 0 radical (unpaired) electrons. The number of hydrogen-bond donors (Lipinski definition) is 2. The molecule has 4 nitrogen and oxygen atoms in total. The SMILES string of the molecule is CC(C)NC(=O)C1(C(=O)Nc2ccc(F)c(F)c2F)CC1. The summed E-state index contributed by atoms with van der Waals surface area (Å²) in [5.74, 6) is -5.65. The van der Waals surface area contributed by atoms with Gasteiger partial charge >= 0.3 is 0 Å². The van der Waals surface area contributed by atoms with Gasteiger partial charge in [-0.05, 0) is 38.8 Å². The van der Waals surface area contributed by atoms with Gasteiger partial charge in [-0.3, -0.25) is 9.59 Å². The summed E-state index contributed by atoms with van der Waals surface area (Å²) in [6, 6.07) is 1.49. The van der Waals surface area contributed by atoms with Gasteiger partial charge in [-0.15, -0.1) is 0 Å². The third-order valence-corrected chi connectivity index (χ3v) is 3.32. The first-order valence-corrected chi connectivity index (χ1v) is 6.54. The smallest absolute Gasteiger partial charge is 0.240 e. The number of hydrogen-bond acceptors (Lipinski definition) is 2. The van der Waals surface area contributed by atoms with Crippen LogP contribution in [0.3, 0.4) is 0 Å². The number of amides is 2. The van der Waals surface area contributed by atoms with Crippen LogP contribution in [0.15, 0.2) is 12.1 Å². The van der Waals surface area contributed by atoms with Gasteiger partial charge in [0.2, 0.25) is 11.8 Å². The Morgan fingerprint density at radius 1 is 1.10 bits per heavy atom. The van der Waals surface area contributed by atoms with Gasteiger partial charge < -0.3 is 10.6 Å². The predicted molar refractivity (Wildman–Crippen MR) is 69.9 cm³/mol. The Morgan fingerprint density at radius 2 is 1.71 bits per heavy atom. The minimum atomic E-state index is -1.66. The van der Waals surface area contributed by atoms with Gasteiger partial charge in [0, 0.05) is 6.04 Å². The molecule has 0 saturated heterocycles. The van der Waals surface area contributed by atoms with E-state index in [2.05, 4.69) is 10.6 Å². The Bertz CT molecular complexity index is 598. The number of carbonyl (C=O) groups is 2. The van der Waals surface area contributed by atoms with Crippen LogP contribution in [-0.2, 0) is 9.59 Å². The lowest BCUT2D eigenvalue weighted by atomic mass is 10.0. The molecule has 0 spiro atoms. The normalized spacial score (nSPS) is 15.7. The monoisotopic (exact) mass is 300 g/mol. The van der Waals surface area contributed by atoms with Crippen LogP contribution in [-0.4, -0.2) is 17.9 Å². The van der Waals surface area contributed by atoms with Crippen LogP contribution >= 0.6 is 0 Å². The molecule has 1 aromatic rings. The van der Waals surface area contributed by atoms with Crippen molar-refractivity contribution < 1.29 is 22.8 Å². The van der Waals surface area contributed by atoms with Crippen molar-refractivity contribution in [2.75, 3.05) is 5.32 Å². The third kappa shape index (κ3) is 2.86. The number of benzene rings is 1. The molecular weight excluding hydrogens is 285 g/mol. The maximum absolute atomic E-state index is 13.5. The van der Waals surface area contributed by atoms with E-state index in [0.29, 0.717) is 18.9 Å². The average molecular weight is 300 g/mol. The summed E-state index contributed by atoms with van der Waals surface area (Å²) < 4.78 is 39.4. The Hall–Kier alpha value is -2.05. The summed E-state index contributed by atoms with van der Waals surface area (Å²) in [5.41, 5.74) is -1.73. The standard InChI is InChI=1S/C14H15F3N2O2/c1-7(2)18-12(20)14(5-6-14)13(21)19-9-4-3-8(15)10(16)11(9)17/h3-4,7H,5-6H2,1-2H3,(H,18,20)(H,19,21). The van der Waals surface area contributed by atoms with Gasteiger partial charge in [-0.1, -0.05) is 0 Å². The van der Waals surface area contributed by atoms with Crippen LogP contribution < -0.4 is 10.6 Å². The van der Waals surface area contributed by atoms with Crippen LogP contribution in [0.5, 0.6) is 0 Å². The van der Waals surface area contributed by atoms with Crippen LogP contribution in [0.1, 0.15) is 26.7 Å². The molecule has 1 aliphatic rings. The van der Waals surface area contributed by atoms with Gasteiger partial charge in [0.25, 0.3) is 0 Å². The Morgan fingerprint density at radius 3 is 2.24 bits per heavy atom. The highest BCUT2D eigenvalue weighted by Crippen LogP contribution is 2.47. The molecular formula is C14H15F3N2O2. The first kappa shape index (κ1) is 15.3. The highest BCUT2D eigenvalue weighted by atomic mass is 19.2. The number of rotatable bonds is 4. The molecule has 2 amide bonds. The number of carbonyl (C=O) groups excluding carboxylic acids is 2. The fourth-order valence-corrected chi connectivity index (χ4v) is 1.95. The van der Waals surface area contributed by atoms with E-state index in [4.69, 9.17) is 0 Å². The summed E-state index contributed by atoms with van der Waals surface area (Å²) in [6.45, 7) is 3.50. The van der Waals surface area contributed by atoms with Crippen molar-refractivity contribution in [3.05, 3.63) is 29.6 Å².